The average Bonchev–Trinajstić information content (AvgIpc) is 2.86. The lowest BCUT2D eigenvalue weighted by molar-refractivity contribution is 0.274. The number of rotatable bonds is 4. The van der Waals surface area contributed by atoms with E-state index in [0.29, 0.717) is 12.2 Å². The number of nitrogens with zero attached hydrogens (tertiary/aromatic N) is 1. The van der Waals surface area contributed by atoms with Gasteiger partial charge in [0.15, 0.2) is 9.84 Å². The largest absolute Gasteiger partial charge is 0.396 e. The van der Waals surface area contributed by atoms with E-state index in [2.05, 4.69) is 4.98 Å². The monoisotopic (exact) mass is 275 g/mol. The Kier molecular flexibility index (Phi) is 3.85. The maximum Gasteiger partial charge on any atom is 0.153 e. The molecule has 2 rings (SSSR count). The van der Waals surface area contributed by atoms with Crippen LogP contribution in [-0.4, -0.2) is 36.1 Å². The number of aliphatic hydroxyl groups is 1. The molecule has 1 aliphatic heterocycles. The van der Waals surface area contributed by atoms with Gasteiger partial charge in [0.05, 0.1) is 22.6 Å². The van der Waals surface area contributed by atoms with Crippen molar-refractivity contribution < 1.29 is 13.5 Å². The topological polar surface area (TPSA) is 67.3 Å². The molecule has 17 heavy (non-hydrogen) atoms. The molecule has 96 valence electrons. The van der Waals surface area contributed by atoms with Gasteiger partial charge in [-0.3, -0.25) is 0 Å². The lowest BCUT2D eigenvalue weighted by Gasteiger charge is -2.06. The number of sulfone groups is 1. The highest BCUT2D eigenvalue weighted by Gasteiger charge is 2.32. The molecule has 6 heteroatoms. The molecule has 2 unspecified atom stereocenters. The van der Waals surface area contributed by atoms with E-state index in [1.165, 1.54) is 11.3 Å². The van der Waals surface area contributed by atoms with E-state index in [4.69, 9.17) is 5.11 Å². The Balaban J connectivity index is 2.07. The molecular formula is C11H17NO3S2. The first kappa shape index (κ1) is 13.0. The van der Waals surface area contributed by atoms with Gasteiger partial charge in [-0.05, 0) is 12.8 Å². The summed E-state index contributed by atoms with van der Waals surface area (Å²) in [6.45, 7) is 2.03. The van der Waals surface area contributed by atoms with Crippen LogP contribution in [0.4, 0.5) is 0 Å². The van der Waals surface area contributed by atoms with Gasteiger partial charge in [-0.25, -0.2) is 13.4 Å². The molecule has 0 saturated carbocycles. The van der Waals surface area contributed by atoms with Crippen LogP contribution in [0.3, 0.4) is 0 Å². The predicted octanol–water partition coefficient (Wildman–Crippen LogP) is 1.36. The van der Waals surface area contributed by atoms with E-state index in [9.17, 15) is 8.42 Å². The molecule has 1 fully saturated rings. The second-order valence-electron chi connectivity index (χ2n) is 4.58. The Morgan fingerprint density at radius 2 is 2.41 bits per heavy atom. The van der Waals surface area contributed by atoms with Gasteiger partial charge in [-0.1, -0.05) is 6.92 Å². The van der Waals surface area contributed by atoms with Gasteiger partial charge in [-0.2, -0.15) is 0 Å². The van der Waals surface area contributed by atoms with E-state index >= 15 is 0 Å². The molecule has 2 atom stereocenters. The fourth-order valence-electron chi connectivity index (χ4n) is 2.02. The van der Waals surface area contributed by atoms with Crippen LogP contribution in [0.5, 0.6) is 0 Å². The SMILES string of the molecule is CC(CO)c1cnc(CC2CCCS2(=O)=O)s1. The summed E-state index contributed by atoms with van der Waals surface area (Å²) < 4.78 is 23.4. The van der Waals surface area contributed by atoms with Gasteiger partial charge in [-0.15, -0.1) is 11.3 Å². The van der Waals surface area contributed by atoms with E-state index in [1.54, 1.807) is 6.20 Å². The Labute approximate surface area is 106 Å². The molecule has 0 radical (unpaired) electrons. The van der Waals surface area contributed by atoms with Crippen LogP contribution in [-0.2, 0) is 16.3 Å². The van der Waals surface area contributed by atoms with E-state index in [-0.39, 0.29) is 17.8 Å². The summed E-state index contributed by atoms with van der Waals surface area (Å²) in [5.74, 6) is 0.407. The lowest BCUT2D eigenvalue weighted by atomic mass is 10.2. The Hall–Kier alpha value is -0.460. The Morgan fingerprint density at radius 1 is 1.65 bits per heavy atom. The fourth-order valence-corrected chi connectivity index (χ4v) is 5.01. The zero-order valence-electron chi connectivity index (χ0n) is 9.80. The van der Waals surface area contributed by atoms with Crippen molar-refractivity contribution in [3.63, 3.8) is 0 Å². The number of thiazole rings is 1. The summed E-state index contributed by atoms with van der Waals surface area (Å²) in [7, 11) is -2.88. The van der Waals surface area contributed by atoms with E-state index in [1.807, 2.05) is 6.92 Å². The summed E-state index contributed by atoms with van der Waals surface area (Å²) in [6.07, 6.45) is 3.82. The first-order valence-corrected chi connectivity index (χ1v) is 8.33. The van der Waals surface area contributed by atoms with Gasteiger partial charge in [0.25, 0.3) is 0 Å². The third-order valence-corrected chi connectivity index (χ3v) is 6.72. The van der Waals surface area contributed by atoms with Crippen LogP contribution in [0.2, 0.25) is 0 Å². The molecule has 1 aromatic rings. The zero-order chi connectivity index (χ0) is 12.5. The van der Waals surface area contributed by atoms with Gasteiger partial charge in [0, 0.05) is 23.4 Å². The smallest absolute Gasteiger partial charge is 0.153 e. The first-order chi connectivity index (χ1) is 8.03. The minimum Gasteiger partial charge on any atom is -0.396 e. The van der Waals surface area contributed by atoms with Crippen molar-refractivity contribution in [3.8, 4) is 0 Å². The van der Waals surface area contributed by atoms with Crippen molar-refractivity contribution in [1.29, 1.82) is 0 Å². The summed E-state index contributed by atoms with van der Waals surface area (Å²) in [5, 5.41) is 9.67. The number of hydrogen-bond acceptors (Lipinski definition) is 5. The molecule has 4 nitrogen and oxygen atoms in total. The van der Waals surface area contributed by atoms with Gasteiger partial charge >= 0.3 is 0 Å². The molecule has 0 amide bonds. The van der Waals surface area contributed by atoms with Crippen LogP contribution in [0.1, 0.15) is 35.6 Å². The van der Waals surface area contributed by atoms with E-state index < -0.39 is 9.84 Å². The van der Waals surface area contributed by atoms with E-state index in [0.717, 1.165) is 22.7 Å². The second kappa shape index (κ2) is 5.04. The van der Waals surface area contributed by atoms with Gasteiger partial charge in [0.1, 0.15) is 0 Å². The summed E-state index contributed by atoms with van der Waals surface area (Å²) >= 11 is 1.52. The molecule has 1 aromatic heterocycles. The Morgan fingerprint density at radius 3 is 3.00 bits per heavy atom. The molecule has 0 aliphatic carbocycles. The van der Waals surface area contributed by atoms with Crippen molar-refractivity contribution in [3.05, 3.63) is 16.1 Å². The quantitative estimate of drug-likeness (QED) is 0.901. The normalized spacial score (nSPS) is 24.9. The Bertz CT molecular complexity index is 481. The van der Waals surface area contributed by atoms with Crippen LogP contribution in [0.15, 0.2) is 6.20 Å². The molecule has 2 heterocycles. The van der Waals surface area contributed by atoms with Crippen molar-refractivity contribution in [2.24, 2.45) is 0 Å². The fraction of sp³-hybridized carbons (Fsp3) is 0.727. The number of aliphatic hydroxyl groups excluding tert-OH is 1. The summed E-state index contributed by atoms with van der Waals surface area (Å²) in [6, 6.07) is 0. The van der Waals surface area contributed by atoms with Crippen LogP contribution in [0.25, 0.3) is 0 Å². The average molecular weight is 275 g/mol. The van der Waals surface area contributed by atoms with Gasteiger partial charge < -0.3 is 5.11 Å². The summed E-state index contributed by atoms with van der Waals surface area (Å²) in [5.41, 5.74) is 0. The molecule has 0 spiro atoms. The van der Waals surface area contributed by atoms with Crippen molar-refractivity contribution in [1.82, 2.24) is 4.98 Å². The van der Waals surface area contributed by atoms with Crippen molar-refractivity contribution in [2.45, 2.75) is 37.4 Å². The molecule has 0 bridgehead atoms. The predicted molar refractivity (Wildman–Crippen MR) is 68.1 cm³/mol. The highest BCUT2D eigenvalue weighted by Crippen LogP contribution is 2.27. The standard InChI is InChI=1S/C11H17NO3S2/c1-8(7-13)10-6-12-11(16-10)5-9-3-2-4-17(9,14)15/h6,8-9,13H,2-5,7H2,1H3. The lowest BCUT2D eigenvalue weighted by Crippen LogP contribution is -2.18. The third-order valence-electron chi connectivity index (χ3n) is 3.20. The first-order valence-electron chi connectivity index (χ1n) is 5.80. The maximum absolute atomic E-state index is 11.7. The van der Waals surface area contributed by atoms with Crippen LogP contribution < -0.4 is 0 Å². The molecule has 1 aliphatic rings. The van der Waals surface area contributed by atoms with Gasteiger partial charge in [0.2, 0.25) is 0 Å². The molecule has 1 saturated heterocycles. The molecule has 1 N–H and O–H groups in total. The van der Waals surface area contributed by atoms with Crippen LogP contribution >= 0.6 is 11.3 Å². The third kappa shape index (κ3) is 2.86. The number of aromatic nitrogens is 1. The van der Waals surface area contributed by atoms with Crippen LogP contribution in [0, 0.1) is 0 Å². The number of hydrogen-bond donors (Lipinski definition) is 1. The zero-order valence-corrected chi connectivity index (χ0v) is 11.4. The second-order valence-corrected chi connectivity index (χ2v) is 8.12. The minimum atomic E-state index is -2.88. The summed E-state index contributed by atoms with van der Waals surface area (Å²) in [4.78, 5) is 5.28. The van der Waals surface area contributed by atoms with Crippen molar-refractivity contribution >= 4 is 21.2 Å². The molecule has 0 aromatic carbocycles. The highest BCUT2D eigenvalue weighted by atomic mass is 32.2. The van der Waals surface area contributed by atoms with Crippen molar-refractivity contribution in [2.75, 3.05) is 12.4 Å². The highest BCUT2D eigenvalue weighted by molar-refractivity contribution is 7.92. The maximum atomic E-state index is 11.7. The minimum absolute atomic E-state index is 0.0847. The molecular weight excluding hydrogens is 258 g/mol.